The normalized spacial score (nSPS) is 10.3. The molecule has 19 heavy (non-hydrogen) atoms. The first-order chi connectivity index (χ1) is 9.11. The lowest BCUT2D eigenvalue weighted by molar-refractivity contribution is 0.285. The quantitative estimate of drug-likeness (QED) is 0.830. The van der Waals surface area contributed by atoms with Crippen molar-refractivity contribution in [2.24, 2.45) is 0 Å². The molecule has 0 saturated carbocycles. The van der Waals surface area contributed by atoms with Gasteiger partial charge in [-0.05, 0) is 30.3 Å². The number of nitrogens with one attached hydrogen (secondary N) is 1. The highest BCUT2D eigenvalue weighted by molar-refractivity contribution is 7.80. The highest BCUT2D eigenvalue weighted by Crippen LogP contribution is 2.24. The van der Waals surface area contributed by atoms with Crippen LogP contribution in [0.3, 0.4) is 0 Å². The fourth-order valence-corrected chi connectivity index (χ4v) is 1.88. The first-order valence-electron chi connectivity index (χ1n) is 5.68. The molecule has 0 fully saturated rings. The van der Waals surface area contributed by atoms with Gasteiger partial charge < -0.3 is 10.1 Å². The zero-order valence-corrected chi connectivity index (χ0v) is 11.2. The number of ether oxygens (including phenoxy) is 1. The molecule has 2 rings (SSSR count). The number of hydrogen-bond acceptors (Lipinski definition) is 3. The molecule has 0 aliphatic heterocycles. The van der Waals surface area contributed by atoms with Crippen LogP contribution in [0, 0.1) is 11.6 Å². The largest absolute Gasteiger partial charge is 0.486 e. The minimum Gasteiger partial charge on any atom is -0.486 e. The van der Waals surface area contributed by atoms with Gasteiger partial charge in [0.1, 0.15) is 12.4 Å². The van der Waals surface area contributed by atoms with Gasteiger partial charge in [-0.15, -0.1) is 12.6 Å². The Morgan fingerprint density at radius 3 is 2.63 bits per heavy atom. The Kier molecular flexibility index (Phi) is 4.27. The third-order valence-electron chi connectivity index (χ3n) is 2.68. The molecule has 0 bridgehead atoms. The van der Waals surface area contributed by atoms with Crippen LogP contribution in [0.5, 0.6) is 5.75 Å². The summed E-state index contributed by atoms with van der Waals surface area (Å²) in [7, 11) is 1.69. The summed E-state index contributed by atoms with van der Waals surface area (Å²) in [6.07, 6.45) is 0. The number of rotatable bonds is 4. The lowest BCUT2D eigenvalue weighted by Gasteiger charge is -2.12. The molecule has 1 N–H and O–H groups in total. The van der Waals surface area contributed by atoms with Crippen LogP contribution in [0.25, 0.3) is 0 Å². The third-order valence-corrected chi connectivity index (χ3v) is 2.95. The van der Waals surface area contributed by atoms with Crippen LogP contribution in [0.2, 0.25) is 0 Å². The van der Waals surface area contributed by atoms with Gasteiger partial charge in [-0.2, -0.15) is 0 Å². The minimum absolute atomic E-state index is 0.0499. The van der Waals surface area contributed by atoms with E-state index in [9.17, 15) is 8.78 Å². The van der Waals surface area contributed by atoms with Gasteiger partial charge >= 0.3 is 0 Å². The number of hydrogen-bond donors (Lipinski definition) is 2. The second-order valence-electron chi connectivity index (χ2n) is 3.92. The van der Waals surface area contributed by atoms with E-state index in [1.807, 2.05) is 0 Å². The first-order valence-corrected chi connectivity index (χ1v) is 6.13. The zero-order chi connectivity index (χ0) is 13.8. The monoisotopic (exact) mass is 281 g/mol. The first kappa shape index (κ1) is 13.7. The molecule has 2 nitrogen and oxygen atoms in total. The van der Waals surface area contributed by atoms with Gasteiger partial charge in [0.2, 0.25) is 0 Å². The predicted molar refractivity (Wildman–Crippen MR) is 73.9 cm³/mol. The smallest absolute Gasteiger partial charge is 0.166 e. The average Bonchev–Trinajstić information content (AvgIpc) is 2.39. The molecule has 0 amide bonds. The summed E-state index contributed by atoms with van der Waals surface area (Å²) in [6, 6.07) is 9.00. The highest BCUT2D eigenvalue weighted by Gasteiger charge is 2.10. The molecular formula is C14H13F2NOS. The van der Waals surface area contributed by atoms with Gasteiger partial charge in [-0.3, -0.25) is 0 Å². The van der Waals surface area contributed by atoms with Crippen molar-refractivity contribution in [3.05, 3.63) is 53.6 Å². The second-order valence-corrected chi connectivity index (χ2v) is 4.44. The molecule has 100 valence electrons. The number of thiol groups is 1. The maximum atomic E-state index is 13.7. The van der Waals surface area contributed by atoms with Crippen LogP contribution in [0.4, 0.5) is 14.5 Å². The van der Waals surface area contributed by atoms with Gasteiger partial charge in [-0.25, -0.2) is 8.78 Å². The molecule has 0 saturated heterocycles. The number of anilines is 1. The van der Waals surface area contributed by atoms with E-state index in [2.05, 4.69) is 17.9 Å². The maximum absolute atomic E-state index is 13.7. The van der Waals surface area contributed by atoms with E-state index in [4.69, 9.17) is 4.74 Å². The van der Waals surface area contributed by atoms with Crippen LogP contribution >= 0.6 is 12.6 Å². The van der Waals surface area contributed by atoms with Gasteiger partial charge in [0.05, 0.1) is 0 Å². The molecule has 0 radical (unpaired) electrons. The van der Waals surface area contributed by atoms with Crippen molar-refractivity contribution in [1.82, 2.24) is 0 Å². The lowest BCUT2D eigenvalue weighted by Crippen LogP contribution is -2.04. The molecule has 2 aromatic rings. The second kappa shape index (κ2) is 5.93. The molecule has 0 spiro atoms. The molecule has 0 atom stereocenters. The van der Waals surface area contributed by atoms with Crippen LogP contribution < -0.4 is 10.1 Å². The van der Waals surface area contributed by atoms with Gasteiger partial charge in [0.15, 0.2) is 11.6 Å². The lowest BCUT2D eigenvalue weighted by atomic mass is 10.2. The topological polar surface area (TPSA) is 21.3 Å². The van der Waals surface area contributed by atoms with Crippen molar-refractivity contribution in [2.45, 2.75) is 11.5 Å². The zero-order valence-electron chi connectivity index (χ0n) is 10.3. The Balaban J connectivity index is 2.19. The summed E-state index contributed by atoms with van der Waals surface area (Å²) in [6.45, 7) is -0.0499. The SMILES string of the molecule is CNc1cccc(F)c1COc1ccc(S)cc1F. The minimum atomic E-state index is -0.519. The van der Waals surface area contributed by atoms with Crippen molar-refractivity contribution >= 4 is 18.3 Å². The molecule has 2 aromatic carbocycles. The van der Waals surface area contributed by atoms with Gasteiger partial charge in [0.25, 0.3) is 0 Å². The Morgan fingerprint density at radius 2 is 1.95 bits per heavy atom. The summed E-state index contributed by atoms with van der Waals surface area (Å²) < 4.78 is 32.5. The summed E-state index contributed by atoms with van der Waals surface area (Å²) in [4.78, 5) is 0.506. The van der Waals surface area contributed by atoms with Crippen molar-refractivity contribution in [3.8, 4) is 5.75 Å². The summed E-state index contributed by atoms with van der Waals surface area (Å²) >= 11 is 4.02. The van der Waals surface area contributed by atoms with E-state index in [1.54, 1.807) is 25.2 Å². The van der Waals surface area contributed by atoms with E-state index in [-0.39, 0.29) is 12.4 Å². The van der Waals surface area contributed by atoms with Gasteiger partial charge in [-0.1, -0.05) is 6.07 Å². The van der Waals surface area contributed by atoms with Crippen LogP contribution in [0.1, 0.15) is 5.56 Å². The Labute approximate surface area is 115 Å². The molecule has 0 heterocycles. The third kappa shape index (κ3) is 3.17. The van der Waals surface area contributed by atoms with Crippen LogP contribution in [0.15, 0.2) is 41.3 Å². The van der Waals surface area contributed by atoms with Crippen LogP contribution in [-0.2, 0) is 6.61 Å². The highest BCUT2D eigenvalue weighted by atomic mass is 32.1. The fraction of sp³-hybridized carbons (Fsp3) is 0.143. The van der Waals surface area contributed by atoms with Crippen molar-refractivity contribution in [1.29, 1.82) is 0 Å². The molecule has 0 aliphatic rings. The van der Waals surface area contributed by atoms with E-state index in [1.165, 1.54) is 18.2 Å². The van der Waals surface area contributed by atoms with E-state index in [0.717, 1.165) is 0 Å². The Bertz CT molecular complexity index is 590. The Hall–Kier alpha value is -1.75. The molecule has 0 unspecified atom stereocenters. The summed E-state index contributed by atoms with van der Waals surface area (Å²) in [5.41, 5.74) is 0.977. The van der Waals surface area contributed by atoms with Crippen LogP contribution in [-0.4, -0.2) is 7.05 Å². The van der Waals surface area contributed by atoms with E-state index < -0.39 is 11.6 Å². The molecule has 0 aromatic heterocycles. The Morgan fingerprint density at radius 1 is 1.16 bits per heavy atom. The number of benzene rings is 2. The molecule has 0 aliphatic carbocycles. The number of halogens is 2. The fourth-order valence-electron chi connectivity index (χ4n) is 1.70. The summed E-state index contributed by atoms with van der Waals surface area (Å²) in [5, 5.41) is 2.87. The van der Waals surface area contributed by atoms with Gasteiger partial charge in [0, 0.05) is 23.2 Å². The standard InChI is InChI=1S/C14H13F2NOS/c1-17-13-4-2-3-11(15)10(13)8-18-14-6-5-9(19)7-12(14)16/h2-7,17,19H,8H2,1H3. The van der Waals surface area contributed by atoms with E-state index in [0.29, 0.717) is 16.1 Å². The predicted octanol–water partition coefficient (Wildman–Crippen LogP) is 3.87. The molecular weight excluding hydrogens is 268 g/mol. The summed E-state index contributed by atoms with van der Waals surface area (Å²) in [5.74, 6) is -0.837. The van der Waals surface area contributed by atoms with E-state index >= 15 is 0 Å². The van der Waals surface area contributed by atoms with Crippen molar-refractivity contribution < 1.29 is 13.5 Å². The van der Waals surface area contributed by atoms with Crippen molar-refractivity contribution in [3.63, 3.8) is 0 Å². The maximum Gasteiger partial charge on any atom is 0.166 e. The van der Waals surface area contributed by atoms with Crippen molar-refractivity contribution in [2.75, 3.05) is 12.4 Å². The molecule has 5 heteroatoms. The average molecular weight is 281 g/mol.